The molecule has 0 atom stereocenters. The number of ether oxygens (including phenoxy) is 1. The van der Waals surface area contributed by atoms with Gasteiger partial charge in [0.1, 0.15) is 0 Å². The topological polar surface area (TPSA) is 47.3 Å². The van der Waals surface area contributed by atoms with E-state index in [9.17, 15) is 0 Å². The normalized spacial score (nSPS) is 14.2. The molecule has 3 N–H and O–H groups in total. The van der Waals surface area contributed by atoms with Crippen LogP contribution in [0.4, 0.5) is 0 Å². The van der Waals surface area contributed by atoms with Crippen molar-refractivity contribution in [2.75, 3.05) is 13.1 Å². The summed E-state index contributed by atoms with van der Waals surface area (Å²) < 4.78 is 5.38. The van der Waals surface area contributed by atoms with Crippen LogP contribution >= 0.6 is 0 Å². The molecule has 0 aromatic heterocycles. The third kappa shape index (κ3) is 2.78. The number of nitrogens with two attached hydrogens (primary N) is 1. The molecule has 82 valence electrons. The molecule has 1 aromatic rings. The van der Waals surface area contributed by atoms with Gasteiger partial charge in [-0.25, -0.2) is 0 Å². The van der Waals surface area contributed by atoms with E-state index in [2.05, 4.69) is 23.5 Å². The third-order valence-electron chi connectivity index (χ3n) is 2.67. The maximum atomic E-state index is 5.43. The van der Waals surface area contributed by atoms with Gasteiger partial charge in [0.05, 0.1) is 13.2 Å². The molecule has 15 heavy (non-hydrogen) atoms. The summed E-state index contributed by atoms with van der Waals surface area (Å²) in [4.78, 5) is 0. The Hall–Kier alpha value is -0.900. The lowest BCUT2D eigenvalue weighted by atomic mass is 10.1. The Labute approximate surface area is 90.6 Å². The summed E-state index contributed by atoms with van der Waals surface area (Å²) in [6.45, 7) is 4.21. The molecule has 0 fully saturated rings. The number of benzene rings is 1. The van der Waals surface area contributed by atoms with Crippen molar-refractivity contribution in [2.24, 2.45) is 5.73 Å². The van der Waals surface area contributed by atoms with Crippen LogP contribution in [-0.4, -0.2) is 13.1 Å². The SMILES string of the molecule is NCCCNCc1ccc2c(c1)COC2. The van der Waals surface area contributed by atoms with Crippen LogP contribution in [-0.2, 0) is 24.5 Å². The first-order valence-corrected chi connectivity index (χ1v) is 5.49. The molecule has 1 aromatic carbocycles. The van der Waals surface area contributed by atoms with E-state index in [-0.39, 0.29) is 0 Å². The van der Waals surface area contributed by atoms with Crippen LogP contribution in [0.1, 0.15) is 23.1 Å². The summed E-state index contributed by atoms with van der Waals surface area (Å²) >= 11 is 0. The van der Waals surface area contributed by atoms with E-state index < -0.39 is 0 Å². The predicted octanol–water partition coefficient (Wildman–Crippen LogP) is 1.16. The van der Waals surface area contributed by atoms with Crippen LogP contribution in [0, 0.1) is 0 Å². The summed E-state index contributed by atoms with van der Waals surface area (Å²) in [7, 11) is 0. The molecule has 1 heterocycles. The zero-order chi connectivity index (χ0) is 10.5. The maximum Gasteiger partial charge on any atom is 0.0725 e. The van der Waals surface area contributed by atoms with E-state index in [0.29, 0.717) is 0 Å². The molecule has 0 bridgehead atoms. The fraction of sp³-hybridized carbons (Fsp3) is 0.500. The summed E-state index contributed by atoms with van der Waals surface area (Å²) in [5, 5.41) is 3.37. The number of fused-ring (bicyclic) bond motifs is 1. The molecule has 0 saturated carbocycles. The van der Waals surface area contributed by atoms with Crippen molar-refractivity contribution in [1.29, 1.82) is 0 Å². The van der Waals surface area contributed by atoms with Crippen LogP contribution in [0.5, 0.6) is 0 Å². The molecule has 0 spiro atoms. The molecular formula is C12H18N2O. The van der Waals surface area contributed by atoms with E-state index in [1.54, 1.807) is 0 Å². The molecule has 3 heteroatoms. The Morgan fingerprint density at radius 1 is 1.27 bits per heavy atom. The molecule has 0 radical (unpaired) electrons. The molecule has 3 nitrogen and oxygen atoms in total. The van der Waals surface area contributed by atoms with Crippen molar-refractivity contribution in [3.05, 3.63) is 34.9 Å². The van der Waals surface area contributed by atoms with Gasteiger partial charge in [-0.15, -0.1) is 0 Å². The average Bonchev–Trinajstić information content (AvgIpc) is 2.71. The lowest BCUT2D eigenvalue weighted by Gasteiger charge is -2.05. The third-order valence-corrected chi connectivity index (χ3v) is 2.67. The molecule has 1 aliphatic heterocycles. The monoisotopic (exact) mass is 206 g/mol. The second-order valence-electron chi connectivity index (χ2n) is 3.91. The first-order chi connectivity index (χ1) is 7.40. The molecule has 1 aliphatic rings. The number of rotatable bonds is 5. The van der Waals surface area contributed by atoms with Crippen LogP contribution in [0.2, 0.25) is 0 Å². The van der Waals surface area contributed by atoms with Crippen molar-refractivity contribution in [3.8, 4) is 0 Å². The van der Waals surface area contributed by atoms with E-state index >= 15 is 0 Å². The minimum absolute atomic E-state index is 0.755. The fourth-order valence-electron chi connectivity index (χ4n) is 1.80. The summed E-state index contributed by atoms with van der Waals surface area (Å²) in [6.07, 6.45) is 1.04. The van der Waals surface area contributed by atoms with Gasteiger partial charge in [0.15, 0.2) is 0 Å². The van der Waals surface area contributed by atoms with Gasteiger partial charge in [0, 0.05) is 6.54 Å². The zero-order valence-corrected chi connectivity index (χ0v) is 8.96. The van der Waals surface area contributed by atoms with Crippen LogP contribution in [0.25, 0.3) is 0 Å². The van der Waals surface area contributed by atoms with Crippen LogP contribution < -0.4 is 11.1 Å². The van der Waals surface area contributed by atoms with E-state index in [4.69, 9.17) is 10.5 Å². The van der Waals surface area contributed by atoms with Crippen molar-refractivity contribution in [1.82, 2.24) is 5.32 Å². The Kier molecular flexibility index (Phi) is 3.72. The first kappa shape index (κ1) is 10.6. The summed E-state index contributed by atoms with van der Waals surface area (Å²) in [5.41, 5.74) is 9.43. The minimum Gasteiger partial charge on any atom is -0.372 e. The van der Waals surface area contributed by atoms with Gasteiger partial charge in [0.25, 0.3) is 0 Å². The van der Waals surface area contributed by atoms with Gasteiger partial charge in [-0.05, 0) is 36.2 Å². The van der Waals surface area contributed by atoms with Crippen molar-refractivity contribution in [3.63, 3.8) is 0 Å². The van der Waals surface area contributed by atoms with Crippen molar-refractivity contribution < 1.29 is 4.74 Å². The van der Waals surface area contributed by atoms with Gasteiger partial charge in [-0.1, -0.05) is 18.2 Å². The Morgan fingerprint density at radius 2 is 2.13 bits per heavy atom. The van der Waals surface area contributed by atoms with E-state index in [1.807, 2.05) is 0 Å². The lowest BCUT2D eigenvalue weighted by molar-refractivity contribution is 0.134. The van der Waals surface area contributed by atoms with Gasteiger partial charge < -0.3 is 15.8 Å². The van der Waals surface area contributed by atoms with Gasteiger partial charge in [-0.2, -0.15) is 0 Å². The minimum atomic E-state index is 0.755. The van der Waals surface area contributed by atoms with Gasteiger partial charge in [0.2, 0.25) is 0 Å². The van der Waals surface area contributed by atoms with Crippen molar-refractivity contribution >= 4 is 0 Å². The summed E-state index contributed by atoms with van der Waals surface area (Å²) in [6, 6.07) is 6.57. The highest BCUT2D eigenvalue weighted by atomic mass is 16.5. The summed E-state index contributed by atoms with van der Waals surface area (Å²) in [5.74, 6) is 0. The first-order valence-electron chi connectivity index (χ1n) is 5.49. The van der Waals surface area contributed by atoms with Gasteiger partial charge >= 0.3 is 0 Å². The fourth-order valence-corrected chi connectivity index (χ4v) is 1.80. The quantitative estimate of drug-likeness (QED) is 0.711. The van der Waals surface area contributed by atoms with Crippen LogP contribution in [0.3, 0.4) is 0 Å². The smallest absolute Gasteiger partial charge is 0.0725 e. The predicted molar refractivity (Wildman–Crippen MR) is 60.3 cm³/mol. The van der Waals surface area contributed by atoms with Crippen molar-refractivity contribution in [2.45, 2.75) is 26.2 Å². The number of nitrogens with one attached hydrogen (secondary N) is 1. The molecule has 0 aliphatic carbocycles. The highest BCUT2D eigenvalue weighted by molar-refractivity contribution is 5.33. The average molecular weight is 206 g/mol. The molecule has 2 rings (SSSR count). The lowest BCUT2D eigenvalue weighted by Crippen LogP contribution is -2.17. The molecule has 0 amide bonds. The highest BCUT2D eigenvalue weighted by Gasteiger charge is 2.10. The molecule has 0 saturated heterocycles. The van der Waals surface area contributed by atoms with Crippen LogP contribution in [0.15, 0.2) is 18.2 Å². The Balaban J connectivity index is 1.87. The van der Waals surface area contributed by atoms with E-state index in [1.165, 1.54) is 16.7 Å². The molecule has 0 unspecified atom stereocenters. The maximum absolute atomic E-state index is 5.43. The number of hydrogen-bond donors (Lipinski definition) is 2. The second-order valence-corrected chi connectivity index (χ2v) is 3.91. The number of hydrogen-bond acceptors (Lipinski definition) is 3. The second kappa shape index (κ2) is 5.26. The Morgan fingerprint density at radius 3 is 3.00 bits per heavy atom. The van der Waals surface area contributed by atoms with E-state index in [0.717, 1.165) is 39.3 Å². The zero-order valence-electron chi connectivity index (χ0n) is 8.96. The highest BCUT2D eigenvalue weighted by Crippen LogP contribution is 2.20. The standard InChI is InChI=1S/C12H18N2O/c13-4-1-5-14-7-10-2-3-11-8-15-9-12(11)6-10/h2-3,6,14H,1,4-5,7-9,13H2. The Bertz CT molecular complexity index is 325. The largest absolute Gasteiger partial charge is 0.372 e. The molecular weight excluding hydrogens is 188 g/mol. The van der Waals surface area contributed by atoms with Gasteiger partial charge in [-0.3, -0.25) is 0 Å².